The van der Waals surface area contributed by atoms with Crippen molar-refractivity contribution in [1.29, 1.82) is 0 Å². The van der Waals surface area contributed by atoms with E-state index in [4.69, 9.17) is 0 Å². The van der Waals surface area contributed by atoms with Gasteiger partial charge in [0.1, 0.15) is 5.82 Å². The Kier molecular flexibility index (Phi) is 4.63. The normalized spacial score (nSPS) is 12.6. The third kappa shape index (κ3) is 3.61. The molecule has 1 unspecified atom stereocenters. The monoisotopic (exact) mass is 262 g/mol. The van der Waals surface area contributed by atoms with E-state index in [0.29, 0.717) is 5.56 Å². The lowest BCUT2D eigenvalue weighted by Crippen LogP contribution is -2.22. The fourth-order valence-corrected chi connectivity index (χ4v) is 2.19. The summed E-state index contributed by atoms with van der Waals surface area (Å²) in [5.74, 6) is -0.250. The molecule has 5 heteroatoms. The van der Waals surface area contributed by atoms with Gasteiger partial charge in [-0.15, -0.1) is 0 Å². The number of aryl methyl sites for hydroxylation is 2. The van der Waals surface area contributed by atoms with Gasteiger partial charge in [-0.3, -0.25) is 9.67 Å². The maximum atomic E-state index is 13.8. The molecular weight excluding hydrogens is 243 g/mol. The lowest BCUT2D eigenvalue weighted by Gasteiger charge is -2.18. The van der Waals surface area contributed by atoms with Gasteiger partial charge < -0.3 is 5.32 Å². The van der Waals surface area contributed by atoms with E-state index in [9.17, 15) is 4.39 Å². The fourth-order valence-electron chi connectivity index (χ4n) is 2.19. The van der Waals surface area contributed by atoms with Gasteiger partial charge in [-0.05, 0) is 31.0 Å². The topological polar surface area (TPSA) is 42.7 Å². The summed E-state index contributed by atoms with van der Waals surface area (Å²) in [4.78, 5) is 3.79. The minimum absolute atomic E-state index is 0.00760. The largest absolute Gasteiger partial charge is 0.310 e. The molecule has 1 atom stereocenters. The number of nitrogens with zero attached hydrogens (tertiary/aromatic N) is 3. The number of nitrogens with one attached hydrogen (secondary N) is 1. The van der Waals surface area contributed by atoms with E-state index in [0.717, 1.165) is 19.4 Å². The smallest absolute Gasteiger partial charge is 0.146 e. The highest BCUT2D eigenvalue weighted by molar-refractivity contribution is 5.18. The van der Waals surface area contributed by atoms with Crippen LogP contribution in [0.1, 0.15) is 30.5 Å². The average molecular weight is 262 g/mol. The molecule has 0 saturated carbocycles. The van der Waals surface area contributed by atoms with Crippen LogP contribution in [0.5, 0.6) is 0 Å². The van der Waals surface area contributed by atoms with E-state index in [1.807, 2.05) is 26.4 Å². The molecule has 0 fully saturated rings. The van der Waals surface area contributed by atoms with E-state index < -0.39 is 0 Å². The van der Waals surface area contributed by atoms with Crippen LogP contribution in [-0.2, 0) is 13.5 Å². The molecule has 2 heterocycles. The molecule has 4 nitrogen and oxygen atoms in total. The van der Waals surface area contributed by atoms with Crippen LogP contribution in [0.25, 0.3) is 0 Å². The maximum Gasteiger partial charge on any atom is 0.146 e. The van der Waals surface area contributed by atoms with Crippen LogP contribution in [0.15, 0.2) is 30.9 Å². The number of hydrogen-bond donors (Lipinski definition) is 1. The summed E-state index contributed by atoms with van der Waals surface area (Å²) in [5.41, 5.74) is 1.85. The quantitative estimate of drug-likeness (QED) is 0.868. The van der Waals surface area contributed by atoms with Gasteiger partial charge in [0.2, 0.25) is 0 Å². The van der Waals surface area contributed by atoms with Crippen molar-refractivity contribution < 1.29 is 4.39 Å². The molecule has 2 rings (SSSR count). The summed E-state index contributed by atoms with van der Waals surface area (Å²) in [5, 5.41) is 7.46. The number of rotatable bonds is 6. The molecular formula is C14H19FN4. The van der Waals surface area contributed by atoms with Crippen LogP contribution in [-0.4, -0.2) is 21.3 Å². The summed E-state index contributed by atoms with van der Waals surface area (Å²) in [6, 6.07) is 1.75. The van der Waals surface area contributed by atoms with Gasteiger partial charge in [0.15, 0.2) is 0 Å². The molecule has 0 aliphatic heterocycles. The van der Waals surface area contributed by atoms with E-state index >= 15 is 0 Å². The molecule has 19 heavy (non-hydrogen) atoms. The first-order chi connectivity index (χ1) is 9.20. The van der Waals surface area contributed by atoms with Gasteiger partial charge in [-0.2, -0.15) is 5.10 Å². The van der Waals surface area contributed by atoms with Crippen LogP contribution < -0.4 is 5.32 Å². The van der Waals surface area contributed by atoms with Gasteiger partial charge in [0.05, 0.1) is 12.4 Å². The Balaban J connectivity index is 2.06. The highest BCUT2D eigenvalue weighted by atomic mass is 19.1. The molecule has 0 aliphatic rings. The van der Waals surface area contributed by atoms with Crippen LogP contribution in [0, 0.1) is 5.82 Å². The summed E-state index contributed by atoms with van der Waals surface area (Å²) < 4.78 is 15.6. The fraction of sp³-hybridized carbons (Fsp3) is 0.429. The first-order valence-electron chi connectivity index (χ1n) is 6.51. The Morgan fingerprint density at radius 3 is 2.89 bits per heavy atom. The van der Waals surface area contributed by atoms with Crippen LogP contribution in [0.3, 0.4) is 0 Å². The summed E-state index contributed by atoms with van der Waals surface area (Å²) >= 11 is 0. The van der Waals surface area contributed by atoms with Crippen molar-refractivity contribution in [2.45, 2.75) is 25.8 Å². The third-order valence-corrected chi connectivity index (χ3v) is 3.11. The predicted molar refractivity (Wildman–Crippen MR) is 72.1 cm³/mol. The Bertz CT molecular complexity index is 524. The minimum Gasteiger partial charge on any atom is -0.310 e. The lowest BCUT2D eigenvalue weighted by atomic mass is 10.0. The SMILES string of the molecule is CCNC(CCc1cnn(C)c1)c1ccncc1F. The van der Waals surface area contributed by atoms with Crippen molar-refractivity contribution in [2.75, 3.05) is 6.54 Å². The standard InChI is InChI=1S/C14H19FN4/c1-3-17-14(12-6-7-16-9-13(12)15)5-4-11-8-18-19(2)10-11/h6-10,14,17H,3-5H2,1-2H3. The highest BCUT2D eigenvalue weighted by Crippen LogP contribution is 2.21. The van der Waals surface area contributed by atoms with E-state index in [2.05, 4.69) is 15.4 Å². The van der Waals surface area contributed by atoms with Crippen LogP contribution in [0.4, 0.5) is 4.39 Å². The van der Waals surface area contributed by atoms with Crippen molar-refractivity contribution in [3.8, 4) is 0 Å². The second kappa shape index (κ2) is 6.43. The van der Waals surface area contributed by atoms with Crippen LogP contribution >= 0.6 is 0 Å². The van der Waals surface area contributed by atoms with Gasteiger partial charge in [-0.25, -0.2) is 4.39 Å². The molecule has 2 aromatic rings. The highest BCUT2D eigenvalue weighted by Gasteiger charge is 2.14. The van der Waals surface area contributed by atoms with Gasteiger partial charge in [0.25, 0.3) is 0 Å². The summed E-state index contributed by atoms with van der Waals surface area (Å²) in [7, 11) is 1.90. The Morgan fingerprint density at radius 2 is 2.26 bits per heavy atom. The second-order valence-electron chi connectivity index (χ2n) is 4.57. The lowest BCUT2D eigenvalue weighted by molar-refractivity contribution is 0.483. The molecule has 102 valence electrons. The minimum atomic E-state index is -0.250. The van der Waals surface area contributed by atoms with Gasteiger partial charge >= 0.3 is 0 Å². The molecule has 0 bridgehead atoms. The zero-order valence-electron chi connectivity index (χ0n) is 11.3. The first kappa shape index (κ1) is 13.7. The number of hydrogen-bond acceptors (Lipinski definition) is 3. The van der Waals surface area contributed by atoms with Gasteiger partial charge in [0, 0.05) is 31.0 Å². The number of pyridine rings is 1. The van der Waals surface area contributed by atoms with E-state index in [1.165, 1.54) is 11.8 Å². The molecule has 0 saturated heterocycles. The van der Waals surface area contributed by atoms with Gasteiger partial charge in [-0.1, -0.05) is 6.92 Å². The second-order valence-corrected chi connectivity index (χ2v) is 4.57. The Labute approximate surface area is 112 Å². The average Bonchev–Trinajstić information content (AvgIpc) is 2.81. The summed E-state index contributed by atoms with van der Waals surface area (Å²) in [6.45, 7) is 2.83. The zero-order valence-corrected chi connectivity index (χ0v) is 11.3. The van der Waals surface area contributed by atoms with E-state index in [-0.39, 0.29) is 11.9 Å². The predicted octanol–water partition coefficient (Wildman–Crippen LogP) is 2.24. The first-order valence-corrected chi connectivity index (χ1v) is 6.51. The maximum absolute atomic E-state index is 13.8. The zero-order chi connectivity index (χ0) is 13.7. The third-order valence-electron chi connectivity index (χ3n) is 3.11. The molecule has 0 spiro atoms. The summed E-state index contributed by atoms with van der Waals surface area (Å²) in [6.07, 6.45) is 8.45. The molecule has 0 radical (unpaired) electrons. The van der Waals surface area contributed by atoms with E-state index in [1.54, 1.807) is 16.9 Å². The van der Waals surface area contributed by atoms with Crippen molar-refractivity contribution in [1.82, 2.24) is 20.1 Å². The van der Waals surface area contributed by atoms with Crippen molar-refractivity contribution in [3.63, 3.8) is 0 Å². The molecule has 0 aliphatic carbocycles. The van der Waals surface area contributed by atoms with Crippen LogP contribution in [0.2, 0.25) is 0 Å². The Hall–Kier alpha value is -1.75. The molecule has 0 aromatic carbocycles. The molecule has 0 amide bonds. The molecule has 1 N–H and O–H groups in total. The van der Waals surface area contributed by atoms with Crippen molar-refractivity contribution >= 4 is 0 Å². The molecule has 2 aromatic heterocycles. The number of halogens is 1. The van der Waals surface area contributed by atoms with Crippen molar-refractivity contribution in [3.05, 3.63) is 47.8 Å². The Morgan fingerprint density at radius 1 is 1.42 bits per heavy atom. The van der Waals surface area contributed by atoms with Crippen molar-refractivity contribution in [2.24, 2.45) is 7.05 Å². The number of aromatic nitrogens is 3.